The maximum absolute atomic E-state index is 13.0. The number of Topliss-reactive ketones (excluding diaryl/α,β-unsaturated/α-hetero) is 1. The van der Waals surface area contributed by atoms with Crippen LogP contribution in [0.5, 0.6) is 0 Å². The molecule has 0 saturated carbocycles. The summed E-state index contributed by atoms with van der Waals surface area (Å²) in [7, 11) is 0. The molecular formula is C19H10O5. The van der Waals surface area contributed by atoms with E-state index in [1.54, 1.807) is 48.5 Å². The van der Waals surface area contributed by atoms with Crippen LogP contribution in [0, 0.1) is 0 Å². The second-order valence-electron chi connectivity index (χ2n) is 5.25. The zero-order chi connectivity index (χ0) is 16.7. The second-order valence-corrected chi connectivity index (χ2v) is 5.25. The van der Waals surface area contributed by atoms with Crippen LogP contribution in [0.1, 0.15) is 11.1 Å². The van der Waals surface area contributed by atoms with Gasteiger partial charge in [-0.1, -0.05) is 60.7 Å². The molecule has 0 atom stereocenters. The van der Waals surface area contributed by atoms with E-state index in [-0.39, 0.29) is 27.8 Å². The average molecular weight is 318 g/mol. The molecule has 2 aromatic carbocycles. The van der Waals surface area contributed by atoms with Crippen LogP contribution in [0.3, 0.4) is 0 Å². The van der Waals surface area contributed by atoms with Gasteiger partial charge in [0.15, 0.2) is 10.8 Å². The number of rotatable bonds is 2. The summed E-state index contributed by atoms with van der Waals surface area (Å²) in [5.74, 6) is -0.347. The topological polar surface area (TPSA) is 77.5 Å². The summed E-state index contributed by atoms with van der Waals surface area (Å²) in [5.41, 5.74) is -0.674. The summed E-state index contributed by atoms with van der Waals surface area (Å²) in [6.07, 6.45) is 0. The third kappa shape index (κ3) is 2.06. The molecule has 1 heterocycles. The first-order valence-electron chi connectivity index (χ1n) is 7.25. The molecular weight excluding hydrogens is 308 g/mol. The minimum Gasteiger partial charge on any atom is -0.413 e. The van der Waals surface area contributed by atoms with E-state index in [2.05, 4.69) is 0 Å². The van der Waals surface area contributed by atoms with Crippen molar-refractivity contribution in [2.45, 2.75) is 0 Å². The zero-order valence-corrected chi connectivity index (χ0v) is 12.3. The normalized spacial score (nSPS) is 13.2. The first kappa shape index (κ1) is 14.1. The molecule has 0 fully saturated rings. The molecule has 0 unspecified atom stereocenters. The molecule has 0 saturated heterocycles. The minimum atomic E-state index is -1.13. The van der Waals surface area contributed by atoms with Crippen LogP contribution >= 0.6 is 0 Å². The summed E-state index contributed by atoms with van der Waals surface area (Å²) in [4.78, 5) is 36.2. The zero-order valence-electron chi connectivity index (χ0n) is 12.3. The molecule has 0 spiro atoms. The molecule has 4 rings (SSSR count). The summed E-state index contributed by atoms with van der Waals surface area (Å²) in [6, 6.07) is 17.6. The summed E-state index contributed by atoms with van der Waals surface area (Å²) in [5, 5.41) is 0. The van der Waals surface area contributed by atoms with E-state index in [1.807, 2.05) is 12.1 Å². The number of fused-ring (bicyclic) bond motifs is 1. The Bertz CT molecular complexity index is 1090. The molecule has 0 bridgehead atoms. The van der Waals surface area contributed by atoms with Gasteiger partial charge >= 0.3 is 11.3 Å². The number of hydrogen-bond acceptors (Lipinski definition) is 5. The van der Waals surface area contributed by atoms with Gasteiger partial charge in [-0.05, 0) is 11.1 Å². The maximum Gasteiger partial charge on any atom is 0.423 e. The Kier molecular flexibility index (Phi) is 3.13. The molecule has 5 heteroatoms. The standard InChI is InChI=1S/C19H10O5/c20-15-13(11-7-3-1-4-8-11)16-17(24-19(22)18(21)23-16)14(15)12-9-5-2-6-10-12/h1-10H. The van der Waals surface area contributed by atoms with E-state index in [9.17, 15) is 14.4 Å². The minimum absolute atomic E-state index is 0.00495. The number of benzene rings is 2. The van der Waals surface area contributed by atoms with Crippen LogP contribution in [0.15, 0.2) is 79.1 Å². The van der Waals surface area contributed by atoms with Crippen molar-refractivity contribution in [3.8, 4) is 0 Å². The third-order valence-electron chi connectivity index (χ3n) is 3.80. The van der Waals surface area contributed by atoms with Gasteiger partial charge in [-0.2, -0.15) is 0 Å². The lowest BCUT2D eigenvalue weighted by molar-refractivity contribution is -0.108. The van der Waals surface area contributed by atoms with E-state index in [1.165, 1.54) is 0 Å². The number of carbonyl (C=O) groups is 1. The first-order chi connectivity index (χ1) is 11.7. The van der Waals surface area contributed by atoms with Crippen molar-refractivity contribution in [2.75, 3.05) is 0 Å². The molecule has 5 nitrogen and oxygen atoms in total. The SMILES string of the molecule is O=C1C(c2ccccc2)=c2oc(=O)c(=O)oc2=C1c1ccccc1. The van der Waals surface area contributed by atoms with Gasteiger partial charge < -0.3 is 8.83 Å². The van der Waals surface area contributed by atoms with Crippen LogP contribution in [0.25, 0.3) is 11.1 Å². The van der Waals surface area contributed by atoms with Crippen LogP contribution in [0.2, 0.25) is 0 Å². The lowest BCUT2D eigenvalue weighted by atomic mass is 9.97. The van der Waals surface area contributed by atoms with Crippen molar-refractivity contribution in [3.63, 3.8) is 0 Å². The van der Waals surface area contributed by atoms with Gasteiger partial charge in [-0.15, -0.1) is 0 Å². The van der Waals surface area contributed by atoms with E-state index in [0.717, 1.165) is 0 Å². The fraction of sp³-hybridized carbons (Fsp3) is 0. The van der Waals surface area contributed by atoms with Gasteiger partial charge in [0.1, 0.15) is 0 Å². The Morgan fingerprint density at radius 2 is 0.917 bits per heavy atom. The van der Waals surface area contributed by atoms with E-state index >= 15 is 0 Å². The fourth-order valence-corrected chi connectivity index (χ4v) is 2.76. The molecule has 1 aliphatic rings. The summed E-state index contributed by atoms with van der Waals surface area (Å²) in [6.45, 7) is 0. The van der Waals surface area contributed by atoms with E-state index in [0.29, 0.717) is 11.1 Å². The lowest BCUT2D eigenvalue weighted by Gasteiger charge is -2.04. The van der Waals surface area contributed by atoms with Crippen LogP contribution in [-0.2, 0) is 4.79 Å². The van der Waals surface area contributed by atoms with Gasteiger partial charge in [-0.3, -0.25) is 4.79 Å². The van der Waals surface area contributed by atoms with Gasteiger partial charge in [0.25, 0.3) is 0 Å². The van der Waals surface area contributed by atoms with Crippen molar-refractivity contribution in [1.82, 2.24) is 0 Å². The van der Waals surface area contributed by atoms with Crippen molar-refractivity contribution < 1.29 is 13.6 Å². The number of hydrogen-bond donors (Lipinski definition) is 0. The second kappa shape index (κ2) is 5.31. The summed E-state index contributed by atoms with van der Waals surface area (Å²) >= 11 is 0. The number of ketones is 1. The maximum atomic E-state index is 13.0. The first-order valence-corrected chi connectivity index (χ1v) is 7.25. The average Bonchev–Trinajstić information content (AvgIpc) is 2.88. The molecule has 3 aromatic rings. The fourth-order valence-electron chi connectivity index (χ4n) is 2.76. The van der Waals surface area contributed by atoms with E-state index in [4.69, 9.17) is 8.83 Å². The van der Waals surface area contributed by atoms with Crippen LogP contribution in [-0.4, -0.2) is 5.78 Å². The quantitative estimate of drug-likeness (QED) is 0.646. The van der Waals surface area contributed by atoms with Crippen molar-refractivity contribution in [3.05, 3.63) is 103 Å². The molecule has 0 radical (unpaired) electrons. The Morgan fingerprint density at radius 3 is 1.29 bits per heavy atom. The Hall–Kier alpha value is -3.47. The van der Waals surface area contributed by atoms with Gasteiger partial charge in [0.2, 0.25) is 5.78 Å². The highest BCUT2D eigenvalue weighted by molar-refractivity contribution is 6.43. The van der Waals surface area contributed by atoms with Crippen molar-refractivity contribution in [2.24, 2.45) is 0 Å². The van der Waals surface area contributed by atoms with Crippen LogP contribution in [0.4, 0.5) is 0 Å². The molecule has 0 aliphatic heterocycles. The highest BCUT2D eigenvalue weighted by Gasteiger charge is 2.30. The molecule has 24 heavy (non-hydrogen) atoms. The predicted molar refractivity (Wildman–Crippen MR) is 85.7 cm³/mol. The molecule has 1 aliphatic carbocycles. The Balaban J connectivity index is 2.18. The van der Waals surface area contributed by atoms with Crippen LogP contribution < -0.4 is 22.1 Å². The van der Waals surface area contributed by atoms with Crippen molar-refractivity contribution in [1.29, 1.82) is 0 Å². The number of carbonyl (C=O) groups excluding carboxylic acids is 1. The van der Waals surface area contributed by atoms with E-state index < -0.39 is 11.3 Å². The molecule has 1 aromatic heterocycles. The smallest absolute Gasteiger partial charge is 0.413 e. The van der Waals surface area contributed by atoms with Gasteiger partial charge in [-0.25, -0.2) is 9.59 Å². The Morgan fingerprint density at radius 1 is 0.542 bits per heavy atom. The molecule has 116 valence electrons. The lowest BCUT2D eigenvalue weighted by Crippen LogP contribution is -2.38. The Labute approximate surface area is 134 Å². The highest BCUT2D eigenvalue weighted by atomic mass is 16.5. The highest BCUT2D eigenvalue weighted by Crippen LogP contribution is 2.23. The largest absolute Gasteiger partial charge is 0.423 e. The molecule has 0 amide bonds. The monoisotopic (exact) mass is 318 g/mol. The van der Waals surface area contributed by atoms with Gasteiger partial charge in [0, 0.05) is 0 Å². The summed E-state index contributed by atoms with van der Waals surface area (Å²) < 4.78 is 10.2. The van der Waals surface area contributed by atoms with Gasteiger partial charge in [0.05, 0.1) is 11.1 Å². The molecule has 0 N–H and O–H groups in total. The van der Waals surface area contributed by atoms with Crippen molar-refractivity contribution >= 4 is 16.9 Å². The third-order valence-corrected chi connectivity index (χ3v) is 3.80. The predicted octanol–water partition coefficient (Wildman–Crippen LogP) is 0.574.